The number of hydrogen-bond acceptors (Lipinski definition) is 2. The van der Waals surface area contributed by atoms with Crippen molar-refractivity contribution in [3.05, 3.63) is 35.9 Å². The quantitative estimate of drug-likeness (QED) is 0.301. The van der Waals surface area contributed by atoms with E-state index in [1.165, 1.54) is 12.0 Å². The van der Waals surface area contributed by atoms with Crippen LogP contribution in [-0.4, -0.2) is 60.9 Å². The number of nitrogens with zero attached hydrogens (tertiary/aromatic N) is 3. The molecule has 0 bridgehead atoms. The van der Waals surface area contributed by atoms with E-state index < -0.39 is 0 Å². The molecule has 3 rings (SSSR count). The Morgan fingerprint density at radius 1 is 1.27 bits per heavy atom. The number of likely N-dealkylation sites (tertiary alicyclic amines) is 2. The van der Waals surface area contributed by atoms with Gasteiger partial charge in [0.1, 0.15) is 0 Å². The summed E-state index contributed by atoms with van der Waals surface area (Å²) in [4.78, 5) is 20.8. The molecule has 0 aromatic heterocycles. The van der Waals surface area contributed by atoms with E-state index in [9.17, 15) is 4.79 Å². The molecule has 144 valence electrons. The van der Waals surface area contributed by atoms with E-state index in [0.29, 0.717) is 11.8 Å². The second-order valence-electron chi connectivity index (χ2n) is 6.92. The van der Waals surface area contributed by atoms with Crippen molar-refractivity contribution < 1.29 is 4.79 Å². The van der Waals surface area contributed by atoms with Gasteiger partial charge in [0.25, 0.3) is 0 Å². The summed E-state index contributed by atoms with van der Waals surface area (Å²) in [6.45, 7) is 7.62. The Morgan fingerprint density at radius 3 is 2.77 bits per heavy atom. The lowest BCUT2D eigenvalue weighted by molar-refractivity contribution is -0.127. The van der Waals surface area contributed by atoms with Crippen molar-refractivity contribution >= 4 is 35.8 Å². The molecule has 2 saturated heterocycles. The predicted molar refractivity (Wildman–Crippen MR) is 117 cm³/mol. The largest absolute Gasteiger partial charge is 0.357 e. The van der Waals surface area contributed by atoms with Crippen molar-refractivity contribution in [2.75, 3.05) is 39.3 Å². The zero-order valence-electron chi connectivity index (χ0n) is 15.7. The fourth-order valence-electron chi connectivity index (χ4n) is 3.76. The van der Waals surface area contributed by atoms with Gasteiger partial charge in [0.15, 0.2) is 5.96 Å². The number of halogens is 1. The average molecular weight is 470 g/mol. The molecule has 1 amide bonds. The molecular weight excluding hydrogens is 439 g/mol. The number of nitrogens with one attached hydrogen (secondary N) is 1. The van der Waals surface area contributed by atoms with Gasteiger partial charge in [-0.25, -0.2) is 0 Å². The molecule has 1 atom stereocenters. The van der Waals surface area contributed by atoms with Crippen molar-refractivity contribution in [1.29, 1.82) is 0 Å². The number of guanidine groups is 1. The van der Waals surface area contributed by atoms with Crippen LogP contribution in [0.2, 0.25) is 0 Å². The summed E-state index contributed by atoms with van der Waals surface area (Å²) >= 11 is 0. The molecule has 2 heterocycles. The highest BCUT2D eigenvalue weighted by Crippen LogP contribution is 2.26. The molecule has 0 aliphatic carbocycles. The lowest BCUT2D eigenvalue weighted by atomic mass is 9.99. The number of carbonyl (C=O) groups is 1. The number of aliphatic imine (C=N–C) groups is 1. The minimum Gasteiger partial charge on any atom is -0.357 e. The van der Waals surface area contributed by atoms with E-state index in [1.807, 2.05) is 4.90 Å². The molecule has 0 saturated carbocycles. The van der Waals surface area contributed by atoms with Crippen LogP contribution in [0.3, 0.4) is 0 Å². The van der Waals surface area contributed by atoms with Crippen LogP contribution in [0.15, 0.2) is 35.3 Å². The van der Waals surface area contributed by atoms with Gasteiger partial charge in [0, 0.05) is 51.6 Å². The average Bonchev–Trinajstić information content (AvgIpc) is 3.28. The highest BCUT2D eigenvalue weighted by atomic mass is 127. The molecule has 1 aromatic rings. The van der Waals surface area contributed by atoms with E-state index in [4.69, 9.17) is 4.99 Å². The van der Waals surface area contributed by atoms with Crippen LogP contribution in [-0.2, 0) is 4.79 Å². The molecule has 6 heteroatoms. The maximum absolute atomic E-state index is 11.7. The first-order valence-electron chi connectivity index (χ1n) is 9.64. The molecule has 0 radical (unpaired) electrons. The van der Waals surface area contributed by atoms with Gasteiger partial charge >= 0.3 is 0 Å². The first-order valence-corrected chi connectivity index (χ1v) is 9.64. The topological polar surface area (TPSA) is 47.9 Å². The normalized spacial score (nSPS) is 20.4. The minimum absolute atomic E-state index is 0. The van der Waals surface area contributed by atoms with Crippen LogP contribution in [0.25, 0.3) is 0 Å². The van der Waals surface area contributed by atoms with Gasteiger partial charge in [-0.15, -0.1) is 24.0 Å². The molecule has 5 nitrogen and oxygen atoms in total. The monoisotopic (exact) mass is 470 g/mol. The SMILES string of the molecule is CCNC(=NCCCN1CCCC1=O)N1CCC(c2ccccc2)C1.I. The highest BCUT2D eigenvalue weighted by Gasteiger charge is 2.26. The first kappa shape index (κ1) is 21.0. The standard InChI is InChI=1S/C20H30N4O.HI/c1-2-21-20(22-12-7-14-23-13-6-10-19(23)25)24-15-11-18(16-24)17-8-4-3-5-9-17;/h3-5,8-9,18H,2,6-7,10-16H2,1H3,(H,21,22);1H. The molecule has 2 fully saturated rings. The Balaban J connectivity index is 0.00000243. The number of carbonyl (C=O) groups excluding carboxylic acids is 1. The Kier molecular flexibility index (Phi) is 8.68. The highest BCUT2D eigenvalue weighted by molar-refractivity contribution is 14.0. The van der Waals surface area contributed by atoms with Crippen LogP contribution < -0.4 is 5.32 Å². The molecular formula is C20H31IN4O. The van der Waals surface area contributed by atoms with Crippen LogP contribution in [0, 0.1) is 0 Å². The van der Waals surface area contributed by atoms with Crippen molar-refractivity contribution in [2.24, 2.45) is 4.99 Å². The second kappa shape index (κ2) is 10.7. The van der Waals surface area contributed by atoms with Gasteiger partial charge < -0.3 is 15.1 Å². The molecule has 2 aliphatic heterocycles. The van der Waals surface area contributed by atoms with Gasteiger partial charge in [-0.2, -0.15) is 0 Å². The number of rotatable bonds is 6. The Hall–Kier alpha value is -1.31. The third-order valence-corrected chi connectivity index (χ3v) is 5.11. The third-order valence-electron chi connectivity index (χ3n) is 5.11. The maximum atomic E-state index is 11.7. The summed E-state index contributed by atoms with van der Waals surface area (Å²) in [6, 6.07) is 10.8. The molecule has 26 heavy (non-hydrogen) atoms. The molecule has 0 spiro atoms. The Morgan fingerprint density at radius 2 is 2.08 bits per heavy atom. The first-order chi connectivity index (χ1) is 12.3. The predicted octanol–water partition coefficient (Wildman–Crippen LogP) is 3.07. The molecule has 1 unspecified atom stereocenters. The number of amides is 1. The van der Waals surface area contributed by atoms with E-state index in [1.54, 1.807) is 0 Å². The zero-order chi connectivity index (χ0) is 17.5. The van der Waals surface area contributed by atoms with Crippen LogP contribution in [0.1, 0.15) is 44.1 Å². The van der Waals surface area contributed by atoms with Crippen molar-refractivity contribution in [3.63, 3.8) is 0 Å². The summed E-state index contributed by atoms with van der Waals surface area (Å²) in [5.41, 5.74) is 1.42. The van der Waals surface area contributed by atoms with Crippen LogP contribution >= 0.6 is 24.0 Å². The van der Waals surface area contributed by atoms with E-state index in [2.05, 4.69) is 47.5 Å². The van der Waals surface area contributed by atoms with Crippen molar-refractivity contribution in [3.8, 4) is 0 Å². The summed E-state index contributed by atoms with van der Waals surface area (Å²) in [7, 11) is 0. The second-order valence-corrected chi connectivity index (χ2v) is 6.92. The van der Waals surface area contributed by atoms with Gasteiger partial charge in [0.2, 0.25) is 5.91 Å². The fourth-order valence-corrected chi connectivity index (χ4v) is 3.76. The molecule has 1 aromatic carbocycles. The van der Waals surface area contributed by atoms with Crippen LogP contribution in [0.5, 0.6) is 0 Å². The van der Waals surface area contributed by atoms with Gasteiger partial charge in [-0.05, 0) is 31.7 Å². The van der Waals surface area contributed by atoms with Gasteiger partial charge in [-0.3, -0.25) is 9.79 Å². The van der Waals surface area contributed by atoms with E-state index >= 15 is 0 Å². The fraction of sp³-hybridized carbons (Fsp3) is 0.600. The van der Waals surface area contributed by atoms with Crippen molar-refractivity contribution in [2.45, 2.75) is 38.5 Å². The van der Waals surface area contributed by atoms with E-state index in [0.717, 1.165) is 64.5 Å². The summed E-state index contributed by atoms with van der Waals surface area (Å²) in [5, 5.41) is 3.43. The lowest BCUT2D eigenvalue weighted by Crippen LogP contribution is -2.40. The zero-order valence-corrected chi connectivity index (χ0v) is 18.0. The number of hydrogen-bond donors (Lipinski definition) is 1. The molecule has 1 N–H and O–H groups in total. The van der Waals surface area contributed by atoms with Crippen LogP contribution in [0.4, 0.5) is 0 Å². The smallest absolute Gasteiger partial charge is 0.222 e. The summed E-state index contributed by atoms with van der Waals surface area (Å²) in [5.74, 6) is 1.92. The third kappa shape index (κ3) is 5.59. The summed E-state index contributed by atoms with van der Waals surface area (Å²) in [6.07, 6.45) is 3.85. The Bertz CT molecular complexity index is 593. The van der Waals surface area contributed by atoms with E-state index in [-0.39, 0.29) is 24.0 Å². The Labute approximate surface area is 174 Å². The minimum atomic E-state index is 0. The molecule has 2 aliphatic rings. The maximum Gasteiger partial charge on any atom is 0.222 e. The van der Waals surface area contributed by atoms with Gasteiger partial charge in [-0.1, -0.05) is 30.3 Å². The summed E-state index contributed by atoms with van der Waals surface area (Å²) < 4.78 is 0. The van der Waals surface area contributed by atoms with Crippen molar-refractivity contribution in [1.82, 2.24) is 15.1 Å². The number of benzene rings is 1. The van der Waals surface area contributed by atoms with Gasteiger partial charge in [0.05, 0.1) is 0 Å². The lowest BCUT2D eigenvalue weighted by Gasteiger charge is -2.22.